The molecule has 0 aliphatic carbocycles. The Morgan fingerprint density at radius 1 is 1.21 bits per heavy atom. The van der Waals surface area contributed by atoms with Gasteiger partial charge in [-0.1, -0.05) is 13.8 Å². The fourth-order valence-corrected chi connectivity index (χ4v) is 2.19. The third-order valence-electron chi connectivity index (χ3n) is 3.23. The predicted octanol–water partition coefficient (Wildman–Crippen LogP) is 2.26. The molecule has 0 saturated heterocycles. The maximum Gasteiger partial charge on any atom is 0.162 e. The molecule has 0 aliphatic heterocycles. The van der Waals surface area contributed by atoms with Crippen LogP contribution >= 0.6 is 0 Å². The van der Waals surface area contributed by atoms with Crippen molar-refractivity contribution in [3.63, 3.8) is 0 Å². The Balaban J connectivity index is 2.60. The van der Waals surface area contributed by atoms with Crippen molar-refractivity contribution in [2.24, 2.45) is 5.84 Å². The minimum atomic E-state index is 0.696. The number of hydrazine groups is 1. The standard InChI is InChI=1S/C14H19N5/c1-4-10-8-16-7-6-12(10)13-17-9(3)11(5-2)14(18-13)19-15/h6-8H,4-5,15H2,1-3H3,(H,17,18,19). The number of aromatic nitrogens is 3. The average Bonchev–Trinajstić information content (AvgIpc) is 2.46. The fraction of sp³-hybridized carbons (Fsp3) is 0.357. The first-order chi connectivity index (χ1) is 9.21. The first kappa shape index (κ1) is 13.4. The van der Waals surface area contributed by atoms with E-state index in [9.17, 15) is 0 Å². The number of rotatable bonds is 4. The van der Waals surface area contributed by atoms with Gasteiger partial charge in [0.1, 0.15) is 5.82 Å². The summed E-state index contributed by atoms with van der Waals surface area (Å²) in [5.74, 6) is 6.95. The van der Waals surface area contributed by atoms with Gasteiger partial charge in [-0.05, 0) is 31.4 Å². The lowest BCUT2D eigenvalue weighted by Gasteiger charge is -2.12. The number of nitrogen functional groups attached to an aromatic ring is 1. The Morgan fingerprint density at radius 3 is 2.63 bits per heavy atom. The molecule has 0 amide bonds. The van der Waals surface area contributed by atoms with Crippen molar-refractivity contribution in [1.82, 2.24) is 15.0 Å². The molecule has 5 heteroatoms. The summed E-state index contributed by atoms with van der Waals surface area (Å²) in [7, 11) is 0. The van der Waals surface area contributed by atoms with Crippen LogP contribution in [-0.2, 0) is 12.8 Å². The maximum atomic E-state index is 5.56. The van der Waals surface area contributed by atoms with Crippen molar-refractivity contribution in [3.05, 3.63) is 35.3 Å². The van der Waals surface area contributed by atoms with E-state index in [1.165, 1.54) is 0 Å². The zero-order valence-corrected chi connectivity index (χ0v) is 11.6. The summed E-state index contributed by atoms with van der Waals surface area (Å²) in [5.41, 5.74) is 6.83. The molecule has 100 valence electrons. The zero-order valence-electron chi connectivity index (χ0n) is 11.6. The van der Waals surface area contributed by atoms with E-state index in [0.29, 0.717) is 11.6 Å². The van der Waals surface area contributed by atoms with E-state index < -0.39 is 0 Å². The topological polar surface area (TPSA) is 76.7 Å². The molecule has 0 aliphatic rings. The van der Waals surface area contributed by atoms with E-state index in [4.69, 9.17) is 5.84 Å². The number of nitrogens with one attached hydrogen (secondary N) is 1. The third kappa shape index (κ3) is 2.56. The third-order valence-corrected chi connectivity index (χ3v) is 3.23. The number of hydrogen-bond donors (Lipinski definition) is 2. The van der Waals surface area contributed by atoms with Gasteiger partial charge < -0.3 is 5.43 Å². The highest BCUT2D eigenvalue weighted by Gasteiger charge is 2.12. The smallest absolute Gasteiger partial charge is 0.162 e. The van der Waals surface area contributed by atoms with Crippen LogP contribution in [0.5, 0.6) is 0 Å². The van der Waals surface area contributed by atoms with Crippen molar-refractivity contribution >= 4 is 5.82 Å². The van der Waals surface area contributed by atoms with Gasteiger partial charge in [-0.15, -0.1) is 0 Å². The fourth-order valence-electron chi connectivity index (χ4n) is 2.19. The van der Waals surface area contributed by atoms with Gasteiger partial charge in [0.15, 0.2) is 5.82 Å². The average molecular weight is 257 g/mol. The highest BCUT2D eigenvalue weighted by atomic mass is 15.3. The van der Waals surface area contributed by atoms with Crippen LogP contribution in [0.4, 0.5) is 5.82 Å². The van der Waals surface area contributed by atoms with Crippen molar-refractivity contribution in [2.75, 3.05) is 5.43 Å². The Bertz CT molecular complexity index is 580. The molecule has 2 aromatic rings. The molecule has 0 radical (unpaired) electrons. The van der Waals surface area contributed by atoms with Gasteiger partial charge in [0.25, 0.3) is 0 Å². The summed E-state index contributed by atoms with van der Waals surface area (Å²) in [6, 6.07) is 1.94. The summed E-state index contributed by atoms with van der Waals surface area (Å²) in [5, 5.41) is 0. The quantitative estimate of drug-likeness (QED) is 0.649. The molecule has 5 nitrogen and oxygen atoms in total. The van der Waals surface area contributed by atoms with Crippen molar-refractivity contribution in [2.45, 2.75) is 33.6 Å². The Hall–Kier alpha value is -2.01. The molecule has 0 saturated carbocycles. The molecule has 0 bridgehead atoms. The minimum Gasteiger partial charge on any atom is -0.308 e. The lowest BCUT2D eigenvalue weighted by atomic mass is 10.1. The molecule has 0 fully saturated rings. The monoisotopic (exact) mass is 257 g/mol. The van der Waals surface area contributed by atoms with E-state index in [1.807, 2.05) is 19.2 Å². The number of nitrogens with zero attached hydrogens (tertiary/aromatic N) is 3. The lowest BCUT2D eigenvalue weighted by molar-refractivity contribution is 0.988. The maximum absolute atomic E-state index is 5.56. The molecular weight excluding hydrogens is 238 g/mol. The van der Waals surface area contributed by atoms with Crippen molar-refractivity contribution in [3.8, 4) is 11.4 Å². The Kier molecular flexibility index (Phi) is 4.06. The van der Waals surface area contributed by atoms with Gasteiger partial charge in [-0.2, -0.15) is 0 Å². The largest absolute Gasteiger partial charge is 0.308 e. The molecule has 0 spiro atoms. The van der Waals surface area contributed by atoms with Crippen LogP contribution in [0.1, 0.15) is 30.7 Å². The van der Waals surface area contributed by atoms with Gasteiger partial charge in [0, 0.05) is 29.2 Å². The van der Waals surface area contributed by atoms with E-state index >= 15 is 0 Å². The molecule has 2 heterocycles. The molecule has 2 aromatic heterocycles. The zero-order chi connectivity index (χ0) is 13.8. The first-order valence-electron chi connectivity index (χ1n) is 6.48. The molecular formula is C14H19N5. The minimum absolute atomic E-state index is 0.696. The normalized spacial score (nSPS) is 10.5. The summed E-state index contributed by atoms with van der Waals surface area (Å²) < 4.78 is 0. The SMILES string of the molecule is CCc1cnccc1-c1nc(C)c(CC)c(NN)n1. The van der Waals surface area contributed by atoms with Crippen LogP contribution < -0.4 is 11.3 Å². The summed E-state index contributed by atoms with van der Waals surface area (Å²) >= 11 is 0. The Labute approximate surface area is 113 Å². The highest BCUT2D eigenvalue weighted by molar-refractivity contribution is 5.62. The van der Waals surface area contributed by atoms with Crippen LogP contribution in [0.3, 0.4) is 0 Å². The molecule has 0 atom stereocenters. The van der Waals surface area contributed by atoms with Gasteiger partial charge in [-0.3, -0.25) is 4.98 Å². The summed E-state index contributed by atoms with van der Waals surface area (Å²) in [4.78, 5) is 13.3. The first-order valence-corrected chi connectivity index (χ1v) is 6.48. The van der Waals surface area contributed by atoms with E-state index in [2.05, 4.69) is 34.2 Å². The molecule has 0 unspecified atom stereocenters. The van der Waals surface area contributed by atoms with Crippen LogP contribution in [0, 0.1) is 6.92 Å². The molecule has 3 N–H and O–H groups in total. The number of nitrogens with two attached hydrogens (primary N) is 1. The van der Waals surface area contributed by atoms with E-state index in [-0.39, 0.29) is 0 Å². The summed E-state index contributed by atoms with van der Waals surface area (Å²) in [6.07, 6.45) is 5.36. The highest BCUT2D eigenvalue weighted by Crippen LogP contribution is 2.24. The van der Waals surface area contributed by atoms with Gasteiger partial charge in [-0.25, -0.2) is 15.8 Å². The second-order valence-corrected chi connectivity index (χ2v) is 4.34. The van der Waals surface area contributed by atoms with Gasteiger partial charge in [0.05, 0.1) is 0 Å². The van der Waals surface area contributed by atoms with Crippen LogP contribution in [-0.4, -0.2) is 15.0 Å². The number of pyridine rings is 1. The molecule has 0 aromatic carbocycles. The number of hydrogen-bond acceptors (Lipinski definition) is 5. The van der Waals surface area contributed by atoms with Crippen molar-refractivity contribution < 1.29 is 0 Å². The number of anilines is 1. The predicted molar refractivity (Wildman–Crippen MR) is 76.6 cm³/mol. The molecule has 19 heavy (non-hydrogen) atoms. The van der Waals surface area contributed by atoms with E-state index in [0.717, 1.165) is 35.2 Å². The summed E-state index contributed by atoms with van der Waals surface area (Å²) in [6.45, 7) is 6.14. The van der Waals surface area contributed by atoms with E-state index in [1.54, 1.807) is 6.20 Å². The lowest BCUT2D eigenvalue weighted by Crippen LogP contribution is -2.14. The second-order valence-electron chi connectivity index (χ2n) is 4.34. The van der Waals surface area contributed by atoms with Crippen molar-refractivity contribution in [1.29, 1.82) is 0 Å². The van der Waals surface area contributed by atoms with Crippen LogP contribution in [0.15, 0.2) is 18.5 Å². The van der Waals surface area contributed by atoms with Crippen LogP contribution in [0.2, 0.25) is 0 Å². The van der Waals surface area contributed by atoms with Gasteiger partial charge >= 0.3 is 0 Å². The number of aryl methyl sites for hydroxylation is 2. The van der Waals surface area contributed by atoms with Crippen LogP contribution in [0.25, 0.3) is 11.4 Å². The Morgan fingerprint density at radius 2 is 2.00 bits per heavy atom. The molecule has 2 rings (SSSR count). The van der Waals surface area contributed by atoms with Gasteiger partial charge in [0.2, 0.25) is 0 Å². The second kappa shape index (κ2) is 5.75.